The summed E-state index contributed by atoms with van der Waals surface area (Å²) in [6, 6.07) is 8.08. The average Bonchev–Trinajstić information content (AvgIpc) is 3.11. The second kappa shape index (κ2) is 5.01. The summed E-state index contributed by atoms with van der Waals surface area (Å²) in [6.45, 7) is 1.56. The molecule has 1 aromatic rings. The summed E-state index contributed by atoms with van der Waals surface area (Å²) in [7, 11) is 0. The van der Waals surface area contributed by atoms with Gasteiger partial charge in [0.1, 0.15) is 0 Å². The molecule has 3 heteroatoms. The van der Waals surface area contributed by atoms with Gasteiger partial charge in [0.25, 0.3) is 0 Å². The summed E-state index contributed by atoms with van der Waals surface area (Å²) in [5, 5.41) is 6.36. The van der Waals surface area contributed by atoms with Crippen LogP contribution in [0.15, 0.2) is 24.3 Å². The Kier molecular flexibility index (Phi) is 3.22. The topological polar surface area (TPSA) is 41.1 Å². The van der Waals surface area contributed by atoms with Crippen LogP contribution >= 0.6 is 0 Å². The Labute approximate surface area is 108 Å². The van der Waals surface area contributed by atoms with Gasteiger partial charge in [-0.25, -0.2) is 0 Å². The number of carbonyl (C=O) groups excluding carboxylic acids is 1. The van der Waals surface area contributed by atoms with Gasteiger partial charge in [0.05, 0.1) is 5.92 Å². The van der Waals surface area contributed by atoms with Crippen molar-refractivity contribution in [1.82, 2.24) is 5.32 Å². The maximum Gasteiger partial charge on any atom is 0.229 e. The number of hydrogen-bond acceptors (Lipinski definition) is 2. The van der Waals surface area contributed by atoms with Crippen molar-refractivity contribution in [2.75, 3.05) is 18.4 Å². The predicted molar refractivity (Wildman–Crippen MR) is 72.6 cm³/mol. The van der Waals surface area contributed by atoms with Crippen molar-refractivity contribution in [3.05, 3.63) is 29.8 Å². The van der Waals surface area contributed by atoms with Gasteiger partial charge in [-0.1, -0.05) is 31.0 Å². The molecule has 1 saturated carbocycles. The second-order valence-electron chi connectivity index (χ2n) is 5.40. The third-order valence-corrected chi connectivity index (χ3v) is 3.93. The molecule has 1 aromatic carbocycles. The van der Waals surface area contributed by atoms with Crippen LogP contribution < -0.4 is 10.6 Å². The largest absolute Gasteiger partial charge is 0.384 e. The smallest absolute Gasteiger partial charge is 0.229 e. The zero-order valence-electron chi connectivity index (χ0n) is 10.6. The van der Waals surface area contributed by atoms with E-state index < -0.39 is 0 Å². The fourth-order valence-electron chi connectivity index (χ4n) is 2.65. The minimum atomic E-state index is -0.0119. The molecule has 96 valence electrons. The van der Waals surface area contributed by atoms with Crippen molar-refractivity contribution in [3.63, 3.8) is 0 Å². The van der Waals surface area contributed by atoms with Crippen LogP contribution in [0, 0.1) is 5.92 Å². The molecule has 1 heterocycles. The average molecular weight is 244 g/mol. The van der Waals surface area contributed by atoms with Gasteiger partial charge in [-0.2, -0.15) is 0 Å². The van der Waals surface area contributed by atoms with Crippen molar-refractivity contribution < 1.29 is 4.79 Å². The van der Waals surface area contributed by atoms with Gasteiger partial charge in [-0.15, -0.1) is 0 Å². The first-order valence-corrected chi connectivity index (χ1v) is 6.95. The number of hydrogen-bond donors (Lipinski definition) is 2. The monoisotopic (exact) mass is 244 g/mol. The molecule has 1 aliphatic carbocycles. The van der Waals surface area contributed by atoms with Crippen LogP contribution in [0.25, 0.3) is 0 Å². The van der Waals surface area contributed by atoms with E-state index >= 15 is 0 Å². The molecule has 0 aromatic heterocycles. The lowest BCUT2D eigenvalue weighted by atomic mass is 10.0. The summed E-state index contributed by atoms with van der Waals surface area (Å²) < 4.78 is 0. The van der Waals surface area contributed by atoms with Crippen LogP contribution in [0.3, 0.4) is 0 Å². The van der Waals surface area contributed by atoms with Crippen molar-refractivity contribution in [3.8, 4) is 0 Å². The molecule has 2 N–H and O–H groups in total. The Balaban J connectivity index is 1.50. The highest BCUT2D eigenvalue weighted by Gasteiger charge is 2.27. The van der Waals surface area contributed by atoms with Gasteiger partial charge >= 0.3 is 0 Å². The Bertz CT molecular complexity index is 440. The number of fused-ring (bicyclic) bond motifs is 1. The molecular formula is C15H20N2O. The molecule has 0 saturated heterocycles. The molecule has 1 fully saturated rings. The lowest BCUT2D eigenvalue weighted by molar-refractivity contribution is -0.122. The van der Waals surface area contributed by atoms with Gasteiger partial charge in [0.15, 0.2) is 0 Å². The number of anilines is 1. The normalized spacial score (nSPS) is 21.2. The van der Waals surface area contributed by atoms with E-state index in [1.54, 1.807) is 0 Å². The first kappa shape index (κ1) is 11.6. The Morgan fingerprint density at radius 3 is 3.00 bits per heavy atom. The molecule has 3 nitrogen and oxygen atoms in total. The van der Waals surface area contributed by atoms with E-state index in [9.17, 15) is 4.79 Å². The van der Waals surface area contributed by atoms with Crippen LogP contribution in [-0.4, -0.2) is 19.0 Å². The molecule has 0 spiro atoms. The van der Waals surface area contributed by atoms with Crippen molar-refractivity contribution in [2.45, 2.75) is 31.6 Å². The molecule has 3 rings (SSSR count). The molecule has 1 unspecified atom stereocenters. The molecule has 18 heavy (non-hydrogen) atoms. The van der Waals surface area contributed by atoms with E-state index in [-0.39, 0.29) is 11.8 Å². The molecule has 1 amide bonds. The van der Waals surface area contributed by atoms with E-state index in [4.69, 9.17) is 0 Å². The molecule has 0 bridgehead atoms. The van der Waals surface area contributed by atoms with Crippen molar-refractivity contribution in [1.29, 1.82) is 0 Å². The number of amides is 1. The van der Waals surface area contributed by atoms with Gasteiger partial charge in [0, 0.05) is 18.8 Å². The van der Waals surface area contributed by atoms with E-state index in [0.717, 1.165) is 36.7 Å². The molecule has 1 aliphatic heterocycles. The SMILES string of the molecule is O=C(NCCCC1CC1)C1CNc2ccccc21. The third kappa shape index (κ3) is 2.50. The van der Waals surface area contributed by atoms with E-state index in [1.807, 2.05) is 24.3 Å². The second-order valence-corrected chi connectivity index (χ2v) is 5.40. The minimum Gasteiger partial charge on any atom is -0.384 e. The number of rotatable bonds is 5. The molecule has 0 radical (unpaired) electrons. The van der Waals surface area contributed by atoms with Gasteiger partial charge < -0.3 is 10.6 Å². The molecule has 1 atom stereocenters. The minimum absolute atomic E-state index is 0.0119. The number of carbonyl (C=O) groups is 1. The van der Waals surface area contributed by atoms with E-state index in [1.165, 1.54) is 19.3 Å². The van der Waals surface area contributed by atoms with E-state index in [2.05, 4.69) is 10.6 Å². The van der Waals surface area contributed by atoms with Crippen molar-refractivity contribution in [2.24, 2.45) is 5.92 Å². The van der Waals surface area contributed by atoms with Crippen LogP contribution in [0.1, 0.15) is 37.2 Å². The zero-order valence-corrected chi connectivity index (χ0v) is 10.6. The number of nitrogens with one attached hydrogen (secondary N) is 2. The highest BCUT2D eigenvalue weighted by molar-refractivity contribution is 5.88. The summed E-state index contributed by atoms with van der Waals surface area (Å²) in [5.74, 6) is 1.11. The first-order valence-electron chi connectivity index (χ1n) is 6.95. The standard InChI is InChI=1S/C15H20N2O/c18-15(16-9-3-4-11-7-8-11)13-10-17-14-6-2-1-5-12(13)14/h1-2,5-6,11,13,17H,3-4,7-10H2,(H,16,18). The zero-order chi connectivity index (χ0) is 12.4. The fraction of sp³-hybridized carbons (Fsp3) is 0.533. The summed E-state index contributed by atoms with van der Waals surface area (Å²) in [5.41, 5.74) is 2.24. The van der Waals surface area contributed by atoms with Gasteiger partial charge in [0.2, 0.25) is 5.91 Å². The molecular weight excluding hydrogens is 224 g/mol. The number of para-hydroxylation sites is 1. The maximum absolute atomic E-state index is 12.1. The van der Waals surface area contributed by atoms with Gasteiger partial charge in [-0.05, 0) is 30.4 Å². The summed E-state index contributed by atoms with van der Waals surface area (Å²) in [4.78, 5) is 12.1. The Hall–Kier alpha value is -1.51. The first-order chi connectivity index (χ1) is 8.84. The lowest BCUT2D eigenvalue weighted by Crippen LogP contribution is -2.31. The van der Waals surface area contributed by atoms with Crippen LogP contribution in [0.4, 0.5) is 5.69 Å². The van der Waals surface area contributed by atoms with Crippen LogP contribution in [0.2, 0.25) is 0 Å². The lowest BCUT2D eigenvalue weighted by Gasteiger charge is -2.11. The summed E-state index contributed by atoms with van der Waals surface area (Å²) >= 11 is 0. The Morgan fingerprint density at radius 1 is 1.33 bits per heavy atom. The van der Waals surface area contributed by atoms with Crippen LogP contribution in [-0.2, 0) is 4.79 Å². The third-order valence-electron chi connectivity index (χ3n) is 3.93. The van der Waals surface area contributed by atoms with Gasteiger partial charge in [-0.3, -0.25) is 4.79 Å². The molecule has 2 aliphatic rings. The van der Waals surface area contributed by atoms with Crippen molar-refractivity contribution >= 4 is 11.6 Å². The highest BCUT2D eigenvalue weighted by atomic mass is 16.1. The highest BCUT2D eigenvalue weighted by Crippen LogP contribution is 2.33. The predicted octanol–water partition coefficient (Wildman–Crippen LogP) is 2.50. The van der Waals surface area contributed by atoms with Crippen LogP contribution in [0.5, 0.6) is 0 Å². The summed E-state index contributed by atoms with van der Waals surface area (Å²) in [6.07, 6.45) is 5.19. The maximum atomic E-state index is 12.1. The fourth-order valence-corrected chi connectivity index (χ4v) is 2.65. The number of benzene rings is 1. The van der Waals surface area contributed by atoms with E-state index in [0.29, 0.717) is 0 Å². The quantitative estimate of drug-likeness (QED) is 0.781. The Morgan fingerprint density at radius 2 is 2.17 bits per heavy atom.